The lowest BCUT2D eigenvalue weighted by Crippen LogP contribution is -2.01. The van der Waals surface area contributed by atoms with Crippen LogP contribution in [-0.2, 0) is 0 Å². The van der Waals surface area contributed by atoms with Crippen molar-refractivity contribution in [1.29, 1.82) is 0 Å². The molecule has 0 amide bonds. The molecule has 0 radical (unpaired) electrons. The smallest absolute Gasteiger partial charge is 0.298 e. The van der Waals surface area contributed by atoms with E-state index in [2.05, 4.69) is 10.3 Å². The monoisotopic (exact) mass is 181 g/mol. The largest absolute Gasteiger partial charge is 0.381 e. The summed E-state index contributed by atoms with van der Waals surface area (Å²) in [5.41, 5.74) is 1.85. The Morgan fingerprint density at radius 2 is 2.15 bits per heavy atom. The molecule has 0 fully saturated rings. The summed E-state index contributed by atoms with van der Waals surface area (Å²) in [5.74, 6) is 0. The predicted octanol–water partition coefficient (Wildman–Crippen LogP) is 1.65. The van der Waals surface area contributed by atoms with Gasteiger partial charge in [-0.2, -0.15) is 0 Å². The molecule has 0 saturated heterocycles. The maximum Gasteiger partial charge on any atom is 0.298 e. The highest BCUT2D eigenvalue weighted by Crippen LogP contribution is 2.28. The molecule has 0 spiro atoms. The molecule has 1 aromatic heterocycles. The van der Waals surface area contributed by atoms with Gasteiger partial charge in [0.05, 0.1) is 16.7 Å². The van der Waals surface area contributed by atoms with Crippen molar-refractivity contribution in [2.45, 2.75) is 13.8 Å². The van der Waals surface area contributed by atoms with Crippen LogP contribution in [0.3, 0.4) is 0 Å². The summed E-state index contributed by atoms with van der Waals surface area (Å²) < 4.78 is 0. The third-order valence-electron chi connectivity index (χ3n) is 1.99. The molecule has 70 valence electrons. The number of anilines is 1. The standard InChI is InChI=1S/C8H11N3O2/c1-5-6(2)10-4-7(9-3)8(5)11(12)13/h4,9H,1-3H3. The van der Waals surface area contributed by atoms with Crippen LogP contribution in [0.4, 0.5) is 11.4 Å². The Morgan fingerprint density at radius 1 is 1.54 bits per heavy atom. The number of aryl methyl sites for hydroxylation is 1. The second-order valence-corrected chi connectivity index (χ2v) is 2.74. The van der Waals surface area contributed by atoms with E-state index in [0.717, 1.165) is 0 Å². The van der Waals surface area contributed by atoms with Crippen LogP contribution in [0, 0.1) is 24.0 Å². The van der Waals surface area contributed by atoms with Gasteiger partial charge in [0.15, 0.2) is 0 Å². The van der Waals surface area contributed by atoms with Gasteiger partial charge < -0.3 is 5.32 Å². The van der Waals surface area contributed by atoms with Gasteiger partial charge in [-0.1, -0.05) is 0 Å². The van der Waals surface area contributed by atoms with Crippen LogP contribution < -0.4 is 5.32 Å². The van der Waals surface area contributed by atoms with E-state index in [0.29, 0.717) is 16.9 Å². The van der Waals surface area contributed by atoms with Gasteiger partial charge in [0, 0.05) is 12.7 Å². The number of hydrogen-bond donors (Lipinski definition) is 1. The zero-order valence-electron chi connectivity index (χ0n) is 7.79. The molecule has 1 rings (SSSR count). The first kappa shape index (κ1) is 9.44. The van der Waals surface area contributed by atoms with Crippen LogP contribution >= 0.6 is 0 Å². The Kier molecular flexibility index (Phi) is 2.46. The highest BCUT2D eigenvalue weighted by Gasteiger charge is 2.18. The van der Waals surface area contributed by atoms with Crippen molar-refractivity contribution in [3.8, 4) is 0 Å². The number of nitro groups is 1. The van der Waals surface area contributed by atoms with Gasteiger partial charge in [-0.3, -0.25) is 15.1 Å². The van der Waals surface area contributed by atoms with E-state index in [4.69, 9.17) is 0 Å². The SMILES string of the molecule is CNc1cnc(C)c(C)c1[N+](=O)[O-]. The molecule has 0 aliphatic heterocycles. The van der Waals surface area contributed by atoms with Crippen molar-refractivity contribution in [2.75, 3.05) is 12.4 Å². The normalized spacial score (nSPS) is 9.77. The zero-order valence-corrected chi connectivity index (χ0v) is 7.79. The number of hydrogen-bond acceptors (Lipinski definition) is 4. The lowest BCUT2D eigenvalue weighted by Gasteiger charge is -2.05. The molecule has 5 nitrogen and oxygen atoms in total. The second-order valence-electron chi connectivity index (χ2n) is 2.74. The number of aromatic nitrogens is 1. The fourth-order valence-corrected chi connectivity index (χ4v) is 1.11. The Balaban J connectivity index is 3.41. The quantitative estimate of drug-likeness (QED) is 0.556. The minimum Gasteiger partial charge on any atom is -0.381 e. The van der Waals surface area contributed by atoms with Crippen molar-refractivity contribution in [2.24, 2.45) is 0 Å². The summed E-state index contributed by atoms with van der Waals surface area (Å²) in [6, 6.07) is 0. The Morgan fingerprint density at radius 3 is 2.62 bits per heavy atom. The van der Waals surface area contributed by atoms with E-state index in [1.807, 2.05) is 0 Å². The van der Waals surface area contributed by atoms with Crippen LogP contribution in [0.15, 0.2) is 6.20 Å². The van der Waals surface area contributed by atoms with Gasteiger partial charge in [-0.15, -0.1) is 0 Å². The molecule has 0 aliphatic carbocycles. The molecule has 5 heteroatoms. The third-order valence-corrected chi connectivity index (χ3v) is 1.99. The number of nitrogens with one attached hydrogen (secondary N) is 1. The van der Waals surface area contributed by atoms with E-state index >= 15 is 0 Å². The summed E-state index contributed by atoms with van der Waals surface area (Å²) in [7, 11) is 1.64. The summed E-state index contributed by atoms with van der Waals surface area (Å²) >= 11 is 0. The molecule has 1 heterocycles. The molecular weight excluding hydrogens is 170 g/mol. The average Bonchev–Trinajstić information content (AvgIpc) is 2.08. The van der Waals surface area contributed by atoms with Gasteiger partial charge in [0.1, 0.15) is 5.69 Å². The topological polar surface area (TPSA) is 68.1 Å². The van der Waals surface area contributed by atoms with Crippen molar-refractivity contribution in [1.82, 2.24) is 4.98 Å². The molecule has 0 bridgehead atoms. The van der Waals surface area contributed by atoms with Gasteiger partial charge in [-0.25, -0.2) is 0 Å². The molecule has 1 N–H and O–H groups in total. The first-order chi connectivity index (χ1) is 6.07. The Bertz CT molecular complexity index is 349. The summed E-state index contributed by atoms with van der Waals surface area (Å²) in [6.07, 6.45) is 1.47. The van der Waals surface area contributed by atoms with Gasteiger partial charge >= 0.3 is 0 Å². The average molecular weight is 181 g/mol. The first-order valence-electron chi connectivity index (χ1n) is 3.86. The van der Waals surface area contributed by atoms with Gasteiger partial charge in [-0.05, 0) is 13.8 Å². The van der Waals surface area contributed by atoms with Crippen molar-refractivity contribution < 1.29 is 4.92 Å². The lowest BCUT2D eigenvalue weighted by atomic mass is 10.2. The maximum absolute atomic E-state index is 10.7. The highest BCUT2D eigenvalue weighted by molar-refractivity contribution is 5.64. The third kappa shape index (κ3) is 1.58. The molecule has 0 aliphatic rings. The van der Waals surface area contributed by atoms with E-state index < -0.39 is 4.92 Å². The summed E-state index contributed by atoms with van der Waals surface area (Å²) in [4.78, 5) is 14.3. The Labute approximate surface area is 75.9 Å². The maximum atomic E-state index is 10.7. The molecule has 0 aromatic carbocycles. The summed E-state index contributed by atoms with van der Waals surface area (Å²) in [6.45, 7) is 3.45. The predicted molar refractivity (Wildman–Crippen MR) is 49.9 cm³/mol. The van der Waals surface area contributed by atoms with Gasteiger partial charge in [0.25, 0.3) is 5.69 Å². The van der Waals surface area contributed by atoms with E-state index in [1.165, 1.54) is 6.20 Å². The number of nitrogens with zero attached hydrogens (tertiary/aromatic N) is 2. The highest BCUT2D eigenvalue weighted by atomic mass is 16.6. The van der Waals surface area contributed by atoms with Crippen molar-refractivity contribution >= 4 is 11.4 Å². The first-order valence-corrected chi connectivity index (χ1v) is 3.86. The molecule has 0 atom stereocenters. The summed E-state index contributed by atoms with van der Waals surface area (Å²) in [5, 5.41) is 13.4. The zero-order chi connectivity index (χ0) is 10.0. The lowest BCUT2D eigenvalue weighted by molar-refractivity contribution is -0.384. The van der Waals surface area contributed by atoms with Crippen LogP contribution in [-0.4, -0.2) is 17.0 Å². The van der Waals surface area contributed by atoms with Crippen LogP contribution in [0.25, 0.3) is 0 Å². The number of rotatable bonds is 2. The van der Waals surface area contributed by atoms with Crippen molar-refractivity contribution in [3.05, 3.63) is 27.6 Å². The molecule has 0 unspecified atom stereocenters. The molecule has 13 heavy (non-hydrogen) atoms. The Hall–Kier alpha value is -1.65. The van der Waals surface area contributed by atoms with Crippen LogP contribution in [0.1, 0.15) is 11.3 Å². The molecule has 1 aromatic rings. The van der Waals surface area contributed by atoms with Crippen molar-refractivity contribution in [3.63, 3.8) is 0 Å². The minimum atomic E-state index is -0.393. The fraction of sp³-hybridized carbons (Fsp3) is 0.375. The van der Waals surface area contributed by atoms with Crippen LogP contribution in [0.2, 0.25) is 0 Å². The van der Waals surface area contributed by atoms with E-state index in [9.17, 15) is 10.1 Å². The molecule has 0 saturated carbocycles. The second kappa shape index (κ2) is 3.38. The minimum absolute atomic E-state index is 0.106. The number of pyridine rings is 1. The van der Waals surface area contributed by atoms with Gasteiger partial charge in [0.2, 0.25) is 0 Å². The van der Waals surface area contributed by atoms with E-state index in [-0.39, 0.29) is 5.69 Å². The van der Waals surface area contributed by atoms with E-state index in [1.54, 1.807) is 20.9 Å². The van der Waals surface area contributed by atoms with Crippen LogP contribution in [0.5, 0.6) is 0 Å². The molecular formula is C8H11N3O2. The fourth-order valence-electron chi connectivity index (χ4n) is 1.11.